The van der Waals surface area contributed by atoms with E-state index in [1.807, 2.05) is 45.0 Å². The quantitative estimate of drug-likeness (QED) is 0.802. The summed E-state index contributed by atoms with van der Waals surface area (Å²) >= 11 is 1.45. The van der Waals surface area contributed by atoms with Gasteiger partial charge in [-0.25, -0.2) is 0 Å². The van der Waals surface area contributed by atoms with Crippen LogP contribution in [0.5, 0.6) is 5.75 Å². The van der Waals surface area contributed by atoms with Crippen molar-refractivity contribution in [1.82, 2.24) is 0 Å². The van der Waals surface area contributed by atoms with Gasteiger partial charge in [-0.3, -0.25) is 4.79 Å². The van der Waals surface area contributed by atoms with Crippen LogP contribution < -0.4 is 10.1 Å². The van der Waals surface area contributed by atoms with E-state index in [9.17, 15) is 10.1 Å². The summed E-state index contributed by atoms with van der Waals surface area (Å²) in [6.07, 6.45) is 0.998. The lowest BCUT2D eigenvalue weighted by Gasteiger charge is -2.07. The van der Waals surface area contributed by atoms with E-state index in [1.54, 1.807) is 0 Å². The normalized spacial score (nSPS) is 10.2. The number of aryl methyl sites for hydroxylation is 2. The second-order valence-electron chi connectivity index (χ2n) is 5.41. The maximum Gasteiger partial charge on any atom is 0.225 e. The van der Waals surface area contributed by atoms with Gasteiger partial charge in [0.15, 0.2) is 0 Å². The van der Waals surface area contributed by atoms with Crippen molar-refractivity contribution in [2.45, 2.75) is 33.6 Å². The molecule has 0 atom stereocenters. The zero-order chi connectivity index (χ0) is 16.8. The molecule has 1 amide bonds. The summed E-state index contributed by atoms with van der Waals surface area (Å²) < 4.78 is 5.60. The number of thiophene rings is 1. The van der Waals surface area contributed by atoms with Gasteiger partial charge < -0.3 is 10.1 Å². The molecule has 2 rings (SSSR count). The Bertz CT molecular complexity index is 727. The number of ether oxygens (including phenoxy) is 1. The third-order valence-electron chi connectivity index (χ3n) is 3.59. The van der Waals surface area contributed by atoms with Crippen LogP contribution in [0.15, 0.2) is 24.3 Å². The van der Waals surface area contributed by atoms with Crippen molar-refractivity contribution in [1.29, 1.82) is 5.26 Å². The molecule has 0 spiro atoms. The highest BCUT2D eigenvalue weighted by atomic mass is 32.1. The minimum atomic E-state index is -0.0877. The molecule has 2 aromatic rings. The number of nitriles is 1. The molecule has 0 bridgehead atoms. The van der Waals surface area contributed by atoms with E-state index in [4.69, 9.17) is 4.74 Å². The fourth-order valence-corrected chi connectivity index (χ4v) is 3.12. The summed E-state index contributed by atoms with van der Waals surface area (Å²) in [5.74, 6) is 0.725. The molecule has 0 aliphatic rings. The molecule has 1 N–H and O–H groups in total. The van der Waals surface area contributed by atoms with E-state index in [2.05, 4.69) is 11.4 Å². The molecule has 0 fully saturated rings. The molecule has 23 heavy (non-hydrogen) atoms. The summed E-state index contributed by atoms with van der Waals surface area (Å²) in [5.41, 5.74) is 2.69. The summed E-state index contributed by atoms with van der Waals surface area (Å²) in [6, 6.07) is 9.99. The second kappa shape index (κ2) is 7.80. The Labute approximate surface area is 140 Å². The molecule has 0 unspecified atom stereocenters. The Balaban J connectivity index is 1.78. The lowest BCUT2D eigenvalue weighted by atomic mass is 10.2. The molecule has 0 saturated heterocycles. The number of amides is 1. The number of benzene rings is 1. The van der Waals surface area contributed by atoms with E-state index in [0.717, 1.165) is 16.2 Å². The van der Waals surface area contributed by atoms with E-state index in [-0.39, 0.29) is 5.91 Å². The number of nitrogens with zero attached hydrogens (tertiary/aromatic N) is 1. The molecule has 0 aliphatic heterocycles. The third kappa shape index (κ3) is 4.57. The van der Waals surface area contributed by atoms with Gasteiger partial charge in [-0.05, 0) is 44.9 Å². The topological polar surface area (TPSA) is 62.1 Å². The summed E-state index contributed by atoms with van der Waals surface area (Å²) in [6.45, 7) is 6.36. The van der Waals surface area contributed by atoms with Crippen molar-refractivity contribution in [3.05, 3.63) is 45.8 Å². The predicted molar refractivity (Wildman–Crippen MR) is 93.0 cm³/mol. The number of hydrogen-bond donors (Lipinski definition) is 1. The first-order valence-corrected chi connectivity index (χ1v) is 8.32. The van der Waals surface area contributed by atoms with Crippen molar-refractivity contribution in [2.75, 3.05) is 11.9 Å². The number of carbonyl (C=O) groups excluding carboxylic acids is 1. The van der Waals surface area contributed by atoms with Gasteiger partial charge in [0, 0.05) is 11.3 Å². The minimum absolute atomic E-state index is 0.0877. The van der Waals surface area contributed by atoms with Crippen LogP contribution in [0, 0.1) is 32.1 Å². The molecular weight excluding hydrogens is 308 g/mol. The molecule has 5 heteroatoms. The number of anilines is 1. The molecule has 1 aromatic carbocycles. The largest absolute Gasteiger partial charge is 0.494 e. The Kier molecular flexibility index (Phi) is 5.78. The zero-order valence-electron chi connectivity index (χ0n) is 13.6. The number of hydrogen-bond acceptors (Lipinski definition) is 4. The third-order valence-corrected chi connectivity index (χ3v) is 4.71. The molecule has 0 aliphatic carbocycles. The summed E-state index contributed by atoms with van der Waals surface area (Å²) in [7, 11) is 0. The van der Waals surface area contributed by atoms with Gasteiger partial charge in [0.1, 0.15) is 16.8 Å². The first-order valence-electron chi connectivity index (χ1n) is 7.50. The average Bonchev–Trinajstić information content (AvgIpc) is 2.79. The first-order chi connectivity index (χ1) is 11.0. The van der Waals surface area contributed by atoms with Crippen LogP contribution in [0.4, 0.5) is 5.00 Å². The lowest BCUT2D eigenvalue weighted by molar-refractivity contribution is -0.116. The summed E-state index contributed by atoms with van der Waals surface area (Å²) in [4.78, 5) is 13.0. The standard InChI is InChI=1S/C18H20N2O2S/c1-12-6-8-15(9-7-12)22-10-4-5-17(21)20-18-16(11-19)13(2)14(3)23-18/h6-9H,4-5,10H2,1-3H3,(H,20,21). The van der Waals surface area contributed by atoms with Gasteiger partial charge in [0.2, 0.25) is 5.91 Å². The van der Waals surface area contributed by atoms with E-state index < -0.39 is 0 Å². The van der Waals surface area contributed by atoms with Crippen molar-refractivity contribution in [3.63, 3.8) is 0 Å². The van der Waals surface area contributed by atoms with Crippen LogP contribution in [-0.2, 0) is 4.79 Å². The van der Waals surface area contributed by atoms with Crippen molar-refractivity contribution in [2.24, 2.45) is 0 Å². The van der Waals surface area contributed by atoms with Crippen molar-refractivity contribution < 1.29 is 9.53 Å². The van der Waals surface area contributed by atoms with Gasteiger partial charge in [-0.2, -0.15) is 5.26 Å². The van der Waals surface area contributed by atoms with Crippen LogP contribution in [0.25, 0.3) is 0 Å². The van der Waals surface area contributed by atoms with Crippen LogP contribution in [0.1, 0.15) is 34.4 Å². The molecule has 1 aromatic heterocycles. The highest BCUT2D eigenvalue weighted by molar-refractivity contribution is 7.16. The van der Waals surface area contributed by atoms with Crippen LogP contribution in [-0.4, -0.2) is 12.5 Å². The van der Waals surface area contributed by atoms with Crippen LogP contribution in [0.2, 0.25) is 0 Å². The second-order valence-corrected chi connectivity index (χ2v) is 6.64. The Hall–Kier alpha value is -2.32. The Morgan fingerprint density at radius 1 is 1.26 bits per heavy atom. The van der Waals surface area contributed by atoms with Gasteiger partial charge >= 0.3 is 0 Å². The van der Waals surface area contributed by atoms with Crippen LogP contribution >= 0.6 is 11.3 Å². The summed E-state index contributed by atoms with van der Waals surface area (Å²) in [5, 5.41) is 12.6. The molecule has 0 radical (unpaired) electrons. The minimum Gasteiger partial charge on any atom is -0.494 e. The first kappa shape index (κ1) is 17.0. The highest BCUT2D eigenvalue weighted by Gasteiger charge is 2.14. The zero-order valence-corrected chi connectivity index (χ0v) is 14.4. The van der Waals surface area contributed by atoms with Crippen molar-refractivity contribution >= 4 is 22.2 Å². The van der Waals surface area contributed by atoms with Gasteiger partial charge in [-0.15, -0.1) is 11.3 Å². The predicted octanol–water partition coefficient (Wildman–Crippen LogP) is 4.34. The number of carbonyl (C=O) groups is 1. The van der Waals surface area contributed by atoms with E-state index in [0.29, 0.717) is 30.0 Å². The number of rotatable bonds is 6. The maximum absolute atomic E-state index is 12.0. The maximum atomic E-state index is 12.0. The Morgan fingerprint density at radius 3 is 2.61 bits per heavy atom. The molecule has 4 nitrogen and oxygen atoms in total. The SMILES string of the molecule is Cc1ccc(OCCCC(=O)Nc2sc(C)c(C)c2C#N)cc1. The molecule has 120 valence electrons. The highest BCUT2D eigenvalue weighted by Crippen LogP contribution is 2.31. The monoisotopic (exact) mass is 328 g/mol. The van der Waals surface area contributed by atoms with E-state index in [1.165, 1.54) is 16.9 Å². The smallest absolute Gasteiger partial charge is 0.225 e. The van der Waals surface area contributed by atoms with E-state index >= 15 is 0 Å². The fraction of sp³-hybridized carbons (Fsp3) is 0.333. The number of nitrogens with one attached hydrogen (secondary N) is 1. The molecule has 0 saturated carbocycles. The van der Waals surface area contributed by atoms with Gasteiger partial charge in [0.25, 0.3) is 0 Å². The van der Waals surface area contributed by atoms with Crippen LogP contribution in [0.3, 0.4) is 0 Å². The lowest BCUT2D eigenvalue weighted by Crippen LogP contribution is -2.12. The average molecular weight is 328 g/mol. The molecular formula is C18H20N2O2S. The van der Waals surface area contributed by atoms with Crippen molar-refractivity contribution in [3.8, 4) is 11.8 Å². The van der Waals surface area contributed by atoms with Gasteiger partial charge in [0.05, 0.1) is 12.2 Å². The molecule has 1 heterocycles. The fourth-order valence-electron chi connectivity index (χ4n) is 2.10. The Morgan fingerprint density at radius 2 is 1.96 bits per heavy atom. The van der Waals surface area contributed by atoms with Gasteiger partial charge in [-0.1, -0.05) is 17.7 Å².